The number of hydrogen-bond acceptors (Lipinski definition) is 5. The van der Waals surface area contributed by atoms with Gasteiger partial charge in [-0.25, -0.2) is 4.98 Å². The zero-order chi connectivity index (χ0) is 25.4. The Labute approximate surface area is 245 Å². The van der Waals surface area contributed by atoms with E-state index in [1.54, 1.807) is 6.92 Å². The Morgan fingerprint density at radius 1 is 1.14 bits per heavy atom. The van der Waals surface area contributed by atoms with E-state index in [2.05, 4.69) is 30.3 Å². The molecule has 7 heteroatoms. The summed E-state index contributed by atoms with van der Waals surface area (Å²) < 4.78 is 0. The minimum Gasteiger partial charge on any atom is -0.550 e. The van der Waals surface area contributed by atoms with Crippen LogP contribution in [0.25, 0.3) is 23.1 Å². The van der Waals surface area contributed by atoms with Crippen LogP contribution in [0.5, 0.6) is 0 Å². The van der Waals surface area contributed by atoms with Gasteiger partial charge in [-0.1, -0.05) is 67.4 Å². The number of thioether (sulfide) groups is 1. The van der Waals surface area contributed by atoms with Gasteiger partial charge in [0.05, 0.1) is 16.8 Å². The molecule has 3 rings (SSSR count). The Bertz CT molecular complexity index is 1180. The average molecular weight is 534 g/mol. The quantitative estimate of drug-likeness (QED) is 0.360. The molecule has 0 aliphatic heterocycles. The number of hydrogen-bond donors (Lipinski definition) is 1. The second-order valence-corrected chi connectivity index (χ2v) is 11.4. The third-order valence-electron chi connectivity index (χ3n) is 5.94. The summed E-state index contributed by atoms with van der Waals surface area (Å²) >= 11 is 7.93. The molecule has 3 aromatic rings. The summed E-state index contributed by atoms with van der Waals surface area (Å²) in [5.74, 6) is -0.614. The van der Waals surface area contributed by atoms with Gasteiger partial charge < -0.3 is 15.0 Å². The number of carboxylic acids is 1. The summed E-state index contributed by atoms with van der Waals surface area (Å²) in [5, 5.41) is 23.1. The molecule has 0 radical (unpaired) electrons. The van der Waals surface area contributed by atoms with Crippen molar-refractivity contribution in [3.05, 3.63) is 76.4 Å². The topological polar surface area (TPSA) is 73.2 Å². The number of carbonyl (C=O) groups excluding carboxylic acids is 1. The van der Waals surface area contributed by atoms with Gasteiger partial charge in [-0.05, 0) is 80.2 Å². The molecule has 0 saturated heterocycles. The number of nitrogens with zero attached hydrogens (tertiary/aromatic N) is 1. The van der Waals surface area contributed by atoms with E-state index in [-0.39, 0.29) is 34.8 Å². The molecule has 36 heavy (non-hydrogen) atoms. The molecule has 1 heterocycles. The molecular weight excluding hydrogens is 501 g/mol. The maximum Gasteiger partial charge on any atom is 1.00 e. The first-order valence-electron chi connectivity index (χ1n) is 12.0. The van der Waals surface area contributed by atoms with Gasteiger partial charge in [-0.2, -0.15) is 11.8 Å². The normalized spacial score (nSPS) is 13.5. The molecule has 0 spiro atoms. The summed E-state index contributed by atoms with van der Waals surface area (Å²) in [6, 6.07) is 18.1. The van der Waals surface area contributed by atoms with E-state index >= 15 is 0 Å². The summed E-state index contributed by atoms with van der Waals surface area (Å²) in [6.07, 6.45) is 7.02. The third kappa shape index (κ3) is 10.2. The van der Waals surface area contributed by atoms with E-state index in [0.29, 0.717) is 17.9 Å². The van der Waals surface area contributed by atoms with Gasteiger partial charge in [0.2, 0.25) is 0 Å². The molecule has 1 N–H and O–H groups in total. The van der Waals surface area contributed by atoms with Crippen molar-refractivity contribution in [2.75, 3.05) is 5.75 Å². The number of aliphatic hydroxyl groups is 1. The number of aromatic nitrogens is 1. The zero-order valence-electron chi connectivity index (χ0n) is 21.5. The first-order valence-corrected chi connectivity index (χ1v) is 13.4. The Morgan fingerprint density at radius 2 is 1.89 bits per heavy atom. The van der Waals surface area contributed by atoms with E-state index in [1.165, 1.54) is 5.56 Å². The number of carboxylic acid groups (broad SMARTS) is 1. The Balaban J connectivity index is 0.00000456. The molecule has 2 atom stereocenters. The van der Waals surface area contributed by atoms with Gasteiger partial charge in [0, 0.05) is 21.6 Å². The van der Waals surface area contributed by atoms with Crippen LogP contribution in [-0.2, 0) is 4.79 Å². The van der Waals surface area contributed by atoms with Crippen molar-refractivity contribution in [3.63, 3.8) is 0 Å². The van der Waals surface area contributed by atoms with Gasteiger partial charge in [-0.15, -0.1) is 0 Å². The Kier molecular flexibility index (Phi) is 12.5. The van der Waals surface area contributed by atoms with E-state index in [4.69, 9.17) is 16.6 Å². The number of halogens is 1. The molecule has 4 nitrogen and oxygen atoms in total. The van der Waals surface area contributed by atoms with E-state index in [9.17, 15) is 15.0 Å². The number of rotatable bonds is 12. The number of pyridine rings is 1. The summed E-state index contributed by atoms with van der Waals surface area (Å²) in [7, 11) is 0. The fourth-order valence-electron chi connectivity index (χ4n) is 3.77. The number of fused-ring (bicyclic) bond motifs is 1. The zero-order valence-corrected chi connectivity index (χ0v) is 25.1. The van der Waals surface area contributed by atoms with E-state index < -0.39 is 17.5 Å². The molecule has 186 valence electrons. The van der Waals surface area contributed by atoms with Crippen molar-refractivity contribution in [1.82, 2.24) is 4.98 Å². The smallest absolute Gasteiger partial charge is 0.550 e. The molecule has 1 aromatic heterocycles. The summed E-state index contributed by atoms with van der Waals surface area (Å²) in [4.78, 5) is 15.8. The van der Waals surface area contributed by atoms with Crippen molar-refractivity contribution in [2.24, 2.45) is 5.92 Å². The van der Waals surface area contributed by atoms with Crippen LogP contribution in [0.3, 0.4) is 0 Å². The van der Waals surface area contributed by atoms with Crippen LogP contribution in [0.4, 0.5) is 0 Å². The largest absolute Gasteiger partial charge is 1.00 e. The maximum absolute atomic E-state index is 11.1. The SMILES string of the molecule is C[C@H](CCC[C@H](SCCC(C)(C)O)c1cccc(/C=C/c2ccc3ccc(Cl)cc3n2)c1)C(=O)[O-].[Na+]. The minimum atomic E-state index is -0.993. The van der Waals surface area contributed by atoms with Crippen LogP contribution in [0.1, 0.15) is 68.5 Å². The van der Waals surface area contributed by atoms with Crippen molar-refractivity contribution in [3.8, 4) is 0 Å². The van der Waals surface area contributed by atoms with Crippen LogP contribution in [-0.4, -0.2) is 27.4 Å². The predicted octanol–water partition coefficient (Wildman–Crippen LogP) is 3.55. The van der Waals surface area contributed by atoms with Crippen molar-refractivity contribution in [2.45, 2.75) is 57.3 Å². The number of carbonyl (C=O) groups is 1. The maximum atomic E-state index is 11.1. The van der Waals surface area contributed by atoms with Crippen molar-refractivity contribution < 1.29 is 44.6 Å². The number of aliphatic carboxylic acids is 1. The van der Waals surface area contributed by atoms with Crippen molar-refractivity contribution in [1.29, 1.82) is 0 Å². The molecule has 0 fully saturated rings. The first kappa shape index (κ1) is 30.9. The average Bonchev–Trinajstić information content (AvgIpc) is 2.80. The van der Waals surface area contributed by atoms with E-state index in [0.717, 1.165) is 40.8 Å². The predicted molar refractivity (Wildman–Crippen MR) is 146 cm³/mol. The van der Waals surface area contributed by atoms with E-state index in [1.807, 2.05) is 62.0 Å². The van der Waals surface area contributed by atoms with Gasteiger partial charge in [0.25, 0.3) is 0 Å². The molecule has 0 amide bonds. The molecule has 0 unspecified atom stereocenters. The molecule has 0 bridgehead atoms. The Morgan fingerprint density at radius 3 is 2.61 bits per heavy atom. The molecule has 2 aromatic carbocycles. The van der Waals surface area contributed by atoms with Crippen LogP contribution in [0, 0.1) is 5.92 Å². The van der Waals surface area contributed by atoms with Crippen molar-refractivity contribution >= 4 is 52.4 Å². The fraction of sp³-hybridized carbons (Fsp3) is 0.379. The number of benzene rings is 2. The second-order valence-electron chi connectivity index (χ2n) is 9.65. The third-order valence-corrected chi connectivity index (χ3v) is 7.53. The molecule has 0 aliphatic rings. The summed E-state index contributed by atoms with van der Waals surface area (Å²) in [5.41, 5.74) is 3.29. The van der Waals surface area contributed by atoms with Gasteiger partial charge in [0.15, 0.2) is 0 Å². The van der Waals surface area contributed by atoms with Gasteiger partial charge in [0.1, 0.15) is 0 Å². The standard InChI is InChI=1S/C29H34ClNO3S.Na/c1-20(28(32)33)6-4-9-27(35-17-16-29(2,3)34)23-8-5-7-21(18-23)10-14-25-15-12-22-11-13-24(30)19-26(22)31-25;/h5,7-8,10-15,18-20,27,34H,4,6,9,16-17H2,1-3H3,(H,32,33);/q;+1/p-1/b14-10+;/t20-,27+;/m1./s1. The minimum absolute atomic E-state index is 0. The van der Waals surface area contributed by atoms with Gasteiger partial charge in [-0.3, -0.25) is 0 Å². The van der Waals surface area contributed by atoms with Crippen LogP contribution in [0.2, 0.25) is 5.02 Å². The fourth-order valence-corrected chi connectivity index (χ4v) is 5.51. The summed E-state index contributed by atoms with van der Waals surface area (Å²) in [6.45, 7) is 5.35. The van der Waals surface area contributed by atoms with Gasteiger partial charge >= 0.3 is 29.6 Å². The molecule has 0 saturated carbocycles. The van der Waals surface area contributed by atoms with Crippen LogP contribution < -0.4 is 34.7 Å². The molecule has 0 aliphatic carbocycles. The van der Waals surface area contributed by atoms with Crippen LogP contribution in [0.15, 0.2) is 54.6 Å². The molecular formula is C29H33ClNNaO3S. The van der Waals surface area contributed by atoms with Crippen LogP contribution >= 0.6 is 23.4 Å². The Hall–Kier alpha value is -1.34. The first-order chi connectivity index (χ1) is 16.6. The second kappa shape index (κ2) is 14.6. The monoisotopic (exact) mass is 533 g/mol.